The second-order valence-electron chi connectivity index (χ2n) is 5.76. The Morgan fingerprint density at radius 1 is 0.963 bits per heavy atom. The van der Waals surface area contributed by atoms with Gasteiger partial charge in [-0.25, -0.2) is 13.7 Å². The lowest BCUT2D eigenvalue weighted by atomic mass is 10.2. The number of rotatable bonds is 3. The maximum atomic E-state index is 14.0. The fraction of sp³-hybridized carbons (Fsp3) is 0. The zero-order chi connectivity index (χ0) is 19.0. The average molecular weight is 398 g/mol. The van der Waals surface area contributed by atoms with E-state index in [9.17, 15) is 13.6 Å². The molecule has 1 aliphatic heterocycles. The monoisotopic (exact) mass is 398 g/mol. The molecule has 7 heteroatoms. The van der Waals surface area contributed by atoms with Crippen LogP contribution < -0.4 is 10.2 Å². The van der Waals surface area contributed by atoms with Crippen molar-refractivity contribution in [1.82, 2.24) is 5.32 Å². The summed E-state index contributed by atoms with van der Waals surface area (Å²) >= 11 is 6.54. The van der Waals surface area contributed by atoms with Crippen LogP contribution >= 0.6 is 23.6 Å². The van der Waals surface area contributed by atoms with Crippen molar-refractivity contribution in [3.05, 3.63) is 82.9 Å². The standard InChI is InChI=1S/C20H12F2N2OS2/c21-14-6-2-1-5-13(14)18-10-9-12(27-18)11-16-19(25)24(20(26)23-16)17-8-4-3-7-15(17)22/h1-11H,(H,23,26)/b16-11-. The van der Waals surface area contributed by atoms with Crippen molar-refractivity contribution < 1.29 is 13.6 Å². The second-order valence-corrected chi connectivity index (χ2v) is 7.26. The molecule has 1 saturated heterocycles. The maximum absolute atomic E-state index is 14.0. The minimum atomic E-state index is -0.533. The van der Waals surface area contributed by atoms with Crippen LogP contribution in [0.2, 0.25) is 0 Å². The van der Waals surface area contributed by atoms with Gasteiger partial charge in [0.2, 0.25) is 0 Å². The van der Waals surface area contributed by atoms with Crippen molar-refractivity contribution in [3.63, 3.8) is 0 Å². The molecule has 1 aromatic heterocycles. The van der Waals surface area contributed by atoms with Crippen molar-refractivity contribution >= 4 is 46.3 Å². The highest BCUT2D eigenvalue weighted by Gasteiger charge is 2.33. The number of hydrogen-bond donors (Lipinski definition) is 1. The van der Waals surface area contributed by atoms with Gasteiger partial charge in [0.15, 0.2) is 5.11 Å². The minimum Gasteiger partial charge on any atom is -0.327 e. The molecule has 27 heavy (non-hydrogen) atoms. The van der Waals surface area contributed by atoms with Crippen LogP contribution in [-0.4, -0.2) is 11.0 Å². The zero-order valence-electron chi connectivity index (χ0n) is 13.8. The third-order valence-electron chi connectivity index (χ3n) is 4.02. The molecule has 0 saturated carbocycles. The van der Waals surface area contributed by atoms with Gasteiger partial charge in [-0.05, 0) is 48.6 Å². The number of thiocarbonyl (C=S) groups is 1. The Kier molecular flexibility index (Phi) is 4.55. The predicted molar refractivity (Wildman–Crippen MR) is 107 cm³/mol. The van der Waals surface area contributed by atoms with Crippen molar-refractivity contribution in [2.45, 2.75) is 0 Å². The van der Waals surface area contributed by atoms with Gasteiger partial charge in [-0.2, -0.15) is 0 Å². The Morgan fingerprint density at radius 3 is 2.41 bits per heavy atom. The first-order valence-electron chi connectivity index (χ1n) is 8.01. The molecular formula is C20H12F2N2OS2. The number of hydrogen-bond acceptors (Lipinski definition) is 3. The third-order valence-corrected chi connectivity index (χ3v) is 5.37. The van der Waals surface area contributed by atoms with E-state index >= 15 is 0 Å². The molecular weight excluding hydrogens is 386 g/mol. The van der Waals surface area contributed by atoms with E-state index < -0.39 is 11.7 Å². The number of halogens is 2. The first-order valence-corrected chi connectivity index (χ1v) is 9.23. The molecule has 4 rings (SSSR count). The summed E-state index contributed by atoms with van der Waals surface area (Å²) in [7, 11) is 0. The molecule has 0 radical (unpaired) electrons. The average Bonchev–Trinajstić information content (AvgIpc) is 3.21. The van der Waals surface area contributed by atoms with Crippen molar-refractivity contribution in [2.24, 2.45) is 0 Å². The lowest BCUT2D eigenvalue weighted by molar-refractivity contribution is -0.113. The minimum absolute atomic E-state index is 0.0987. The molecule has 3 aromatic rings. The van der Waals surface area contributed by atoms with E-state index in [1.165, 1.54) is 29.5 Å². The topological polar surface area (TPSA) is 32.3 Å². The fourth-order valence-corrected chi connectivity index (χ4v) is 4.03. The summed E-state index contributed by atoms with van der Waals surface area (Å²) < 4.78 is 28.0. The molecule has 2 aromatic carbocycles. The number of para-hydroxylation sites is 1. The van der Waals surface area contributed by atoms with Gasteiger partial charge in [0.1, 0.15) is 17.3 Å². The van der Waals surface area contributed by atoms with Gasteiger partial charge in [-0.1, -0.05) is 30.3 Å². The number of thiophene rings is 1. The molecule has 1 N–H and O–H groups in total. The first-order chi connectivity index (χ1) is 13.0. The van der Waals surface area contributed by atoms with E-state index in [-0.39, 0.29) is 22.3 Å². The van der Waals surface area contributed by atoms with Gasteiger partial charge in [-0.15, -0.1) is 11.3 Å². The fourth-order valence-electron chi connectivity index (χ4n) is 2.77. The van der Waals surface area contributed by atoms with E-state index in [0.29, 0.717) is 5.56 Å². The van der Waals surface area contributed by atoms with E-state index in [1.54, 1.807) is 48.5 Å². The van der Waals surface area contributed by atoms with Gasteiger partial charge in [0.05, 0.1) is 5.69 Å². The Morgan fingerprint density at radius 2 is 1.67 bits per heavy atom. The smallest absolute Gasteiger partial charge is 0.281 e. The zero-order valence-corrected chi connectivity index (χ0v) is 15.4. The van der Waals surface area contributed by atoms with Crippen LogP contribution in [0.25, 0.3) is 16.5 Å². The van der Waals surface area contributed by atoms with Gasteiger partial charge in [-0.3, -0.25) is 4.79 Å². The third kappa shape index (κ3) is 3.27. The summed E-state index contributed by atoms with van der Waals surface area (Å²) in [4.78, 5) is 15.3. The molecule has 0 spiro atoms. The summed E-state index contributed by atoms with van der Waals surface area (Å²) in [5.41, 5.74) is 0.841. The SMILES string of the molecule is O=C1/C(=C/c2ccc(-c3ccccc3F)s2)NC(=S)N1c1ccccc1F. The Balaban J connectivity index is 1.64. The molecule has 0 unspecified atom stereocenters. The number of benzene rings is 2. The quantitative estimate of drug-likeness (QED) is 0.500. The number of anilines is 1. The molecule has 1 amide bonds. The Hall–Kier alpha value is -2.90. The van der Waals surface area contributed by atoms with Crippen LogP contribution in [0.4, 0.5) is 14.5 Å². The van der Waals surface area contributed by atoms with Crippen molar-refractivity contribution in [2.75, 3.05) is 4.90 Å². The first kappa shape index (κ1) is 17.5. The van der Waals surface area contributed by atoms with Crippen LogP contribution in [0.1, 0.15) is 4.88 Å². The molecule has 0 aliphatic carbocycles. The van der Waals surface area contributed by atoms with Crippen molar-refractivity contribution in [1.29, 1.82) is 0 Å². The van der Waals surface area contributed by atoms with E-state index in [4.69, 9.17) is 12.2 Å². The van der Waals surface area contributed by atoms with E-state index in [1.807, 2.05) is 0 Å². The molecule has 1 aliphatic rings. The summed E-state index contributed by atoms with van der Waals surface area (Å²) in [6, 6.07) is 16.0. The number of nitrogens with one attached hydrogen (secondary N) is 1. The van der Waals surface area contributed by atoms with Crippen LogP contribution in [0.5, 0.6) is 0 Å². The Labute approximate surface area is 163 Å². The number of carbonyl (C=O) groups excluding carboxylic acids is 1. The highest BCUT2D eigenvalue weighted by atomic mass is 32.1. The van der Waals surface area contributed by atoms with Gasteiger partial charge in [0.25, 0.3) is 5.91 Å². The van der Waals surface area contributed by atoms with Crippen LogP contribution in [-0.2, 0) is 4.79 Å². The van der Waals surface area contributed by atoms with E-state index in [2.05, 4.69) is 5.32 Å². The van der Waals surface area contributed by atoms with Crippen LogP contribution in [0.15, 0.2) is 66.4 Å². The summed E-state index contributed by atoms with van der Waals surface area (Å²) in [6.07, 6.45) is 1.63. The number of carbonyl (C=O) groups is 1. The largest absolute Gasteiger partial charge is 0.327 e. The molecule has 134 valence electrons. The highest BCUT2D eigenvalue weighted by Crippen LogP contribution is 2.32. The summed E-state index contributed by atoms with van der Waals surface area (Å²) in [5.74, 6) is -1.28. The Bertz CT molecular complexity index is 1090. The lowest BCUT2D eigenvalue weighted by Crippen LogP contribution is -2.31. The second kappa shape index (κ2) is 7.02. The van der Waals surface area contributed by atoms with Crippen LogP contribution in [0, 0.1) is 11.6 Å². The van der Waals surface area contributed by atoms with Crippen molar-refractivity contribution in [3.8, 4) is 10.4 Å². The lowest BCUT2D eigenvalue weighted by Gasteiger charge is -2.14. The van der Waals surface area contributed by atoms with Gasteiger partial charge in [0, 0.05) is 15.3 Å². The molecule has 2 heterocycles. The number of amides is 1. The number of nitrogens with zero attached hydrogens (tertiary/aromatic N) is 1. The van der Waals surface area contributed by atoms with Crippen LogP contribution in [0.3, 0.4) is 0 Å². The molecule has 3 nitrogen and oxygen atoms in total. The molecule has 0 bridgehead atoms. The predicted octanol–water partition coefficient (Wildman–Crippen LogP) is 4.96. The molecule has 0 atom stereocenters. The maximum Gasteiger partial charge on any atom is 0.281 e. The van der Waals surface area contributed by atoms with E-state index in [0.717, 1.165) is 14.7 Å². The van der Waals surface area contributed by atoms with Gasteiger partial charge < -0.3 is 5.32 Å². The summed E-state index contributed by atoms with van der Waals surface area (Å²) in [6.45, 7) is 0. The van der Waals surface area contributed by atoms with Gasteiger partial charge >= 0.3 is 0 Å². The highest BCUT2D eigenvalue weighted by molar-refractivity contribution is 7.80. The summed E-state index contributed by atoms with van der Waals surface area (Å²) in [5, 5.41) is 2.94. The normalized spacial score (nSPS) is 15.5. The molecule has 1 fully saturated rings.